The number of piperazine rings is 1. The van der Waals surface area contributed by atoms with Gasteiger partial charge in [0.1, 0.15) is 0 Å². The van der Waals surface area contributed by atoms with Gasteiger partial charge in [-0.05, 0) is 20.9 Å². The Labute approximate surface area is 121 Å². The predicted molar refractivity (Wildman–Crippen MR) is 76.4 cm³/mol. The topological polar surface area (TPSA) is 70.2 Å². The zero-order chi connectivity index (χ0) is 15.5. The fourth-order valence-electron chi connectivity index (χ4n) is 2.21. The second-order valence-corrected chi connectivity index (χ2v) is 7.37. The molecule has 0 aliphatic carbocycles. The SMILES string of the molecule is COC(=O)CCN(C)S(=O)(=O)N1CC(C)N(C)C(C)C1. The van der Waals surface area contributed by atoms with Crippen molar-refractivity contribution in [1.29, 1.82) is 0 Å². The first-order valence-corrected chi connectivity index (χ1v) is 8.10. The van der Waals surface area contributed by atoms with Crippen LogP contribution < -0.4 is 0 Å². The van der Waals surface area contributed by atoms with Gasteiger partial charge in [0.2, 0.25) is 0 Å². The summed E-state index contributed by atoms with van der Waals surface area (Å²) >= 11 is 0. The maximum absolute atomic E-state index is 12.5. The second kappa shape index (κ2) is 6.84. The highest BCUT2D eigenvalue weighted by atomic mass is 32.2. The molecule has 0 saturated carbocycles. The number of ether oxygens (including phenoxy) is 1. The minimum atomic E-state index is -3.52. The summed E-state index contributed by atoms with van der Waals surface area (Å²) in [7, 11) is 1.26. The number of hydrogen-bond donors (Lipinski definition) is 0. The Balaban J connectivity index is 2.70. The molecule has 118 valence electrons. The molecule has 0 amide bonds. The number of hydrogen-bond acceptors (Lipinski definition) is 5. The first kappa shape index (κ1) is 17.4. The van der Waals surface area contributed by atoms with E-state index >= 15 is 0 Å². The number of likely N-dealkylation sites (N-methyl/N-ethyl adjacent to an activating group) is 1. The Kier molecular flexibility index (Phi) is 5.93. The lowest BCUT2D eigenvalue weighted by molar-refractivity contribution is -0.140. The highest BCUT2D eigenvalue weighted by molar-refractivity contribution is 7.86. The predicted octanol–water partition coefficient (Wildman–Crippen LogP) is -0.249. The van der Waals surface area contributed by atoms with Crippen molar-refractivity contribution in [1.82, 2.24) is 13.5 Å². The quantitative estimate of drug-likeness (QED) is 0.655. The minimum Gasteiger partial charge on any atom is -0.469 e. The van der Waals surface area contributed by atoms with Crippen molar-refractivity contribution in [2.75, 3.05) is 40.8 Å². The Morgan fingerprint density at radius 1 is 1.30 bits per heavy atom. The first-order valence-electron chi connectivity index (χ1n) is 6.70. The molecule has 1 saturated heterocycles. The third-order valence-corrected chi connectivity index (χ3v) is 5.83. The molecular formula is C12H25N3O4S. The molecule has 1 heterocycles. The van der Waals surface area contributed by atoms with Crippen LogP contribution in [0.25, 0.3) is 0 Å². The minimum absolute atomic E-state index is 0.0606. The number of nitrogens with zero attached hydrogens (tertiary/aromatic N) is 3. The van der Waals surface area contributed by atoms with E-state index in [1.165, 1.54) is 22.8 Å². The van der Waals surface area contributed by atoms with Gasteiger partial charge in [-0.25, -0.2) is 0 Å². The van der Waals surface area contributed by atoms with Crippen molar-refractivity contribution in [3.05, 3.63) is 0 Å². The van der Waals surface area contributed by atoms with Crippen LogP contribution in [0.1, 0.15) is 20.3 Å². The number of methoxy groups -OCH3 is 1. The molecule has 7 nitrogen and oxygen atoms in total. The monoisotopic (exact) mass is 307 g/mol. The molecule has 1 fully saturated rings. The fraction of sp³-hybridized carbons (Fsp3) is 0.917. The van der Waals surface area contributed by atoms with Gasteiger partial charge in [0.05, 0.1) is 13.5 Å². The van der Waals surface area contributed by atoms with E-state index < -0.39 is 16.2 Å². The molecule has 1 aliphatic rings. The molecule has 20 heavy (non-hydrogen) atoms. The summed E-state index contributed by atoms with van der Waals surface area (Å²) in [5.41, 5.74) is 0. The summed E-state index contributed by atoms with van der Waals surface area (Å²) in [6.07, 6.45) is 0.0606. The van der Waals surface area contributed by atoms with E-state index in [1.54, 1.807) is 0 Å². The van der Waals surface area contributed by atoms with Crippen molar-refractivity contribution in [3.63, 3.8) is 0 Å². The molecule has 0 aromatic rings. The van der Waals surface area contributed by atoms with Gasteiger partial charge in [-0.15, -0.1) is 0 Å². The van der Waals surface area contributed by atoms with E-state index in [-0.39, 0.29) is 25.0 Å². The van der Waals surface area contributed by atoms with Crippen LogP contribution in [0.5, 0.6) is 0 Å². The summed E-state index contributed by atoms with van der Waals surface area (Å²) in [4.78, 5) is 13.3. The fourth-order valence-corrected chi connectivity index (χ4v) is 3.73. The number of rotatable bonds is 5. The van der Waals surface area contributed by atoms with Crippen LogP contribution in [0.4, 0.5) is 0 Å². The standard InChI is InChI=1S/C12H25N3O4S/c1-10-8-15(9-11(2)14(10)4)20(17,18)13(3)7-6-12(16)19-5/h10-11H,6-9H2,1-5H3. The van der Waals surface area contributed by atoms with Crippen molar-refractivity contribution < 1.29 is 17.9 Å². The molecule has 0 aromatic carbocycles. The molecule has 1 rings (SSSR count). The van der Waals surface area contributed by atoms with Crippen molar-refractivity contribution in [2.24, 2.45) is 0 Å². The Bertz CT molecular complexity index is 428. The largest absolute Gasteiger partial charge is 0.469 e. The van der Waals surface area contributed by atoms with Crippen LogP contribution in [-0.2, 0) is 19.7 Å². The zero-order valence-corrected chi connectivity index (χ0v) is 13.7. The van der Waals surface area contributed by atoms with Gasteiger partial charge in [0.25, 0.3) is 10.2 Å². The summed E-state index contributed by atoms with van der Waals surface area (Å²) in [6, 6.07) is 0.338. The molecule has 0 radical (unpaired) electrons. The van der Waals surface area contributed by atoms with Gasteiger partial charge in [0, 0.05) is 38.8 Å². The molecule has 1 aliphatic heterocycles. The summed E-state index contributed by atoms with van der Waals surface area (Å²) < 4.78 is 32.2. The van der Waals surface area contributed by atoms with Gasteiger partial charge in [-0.3, -0.25) is 9.69 Å². The van der Waals surface area contributed by atoms with Gasteiger partial charge in [-0.1, -0.05) is 0 Å². The highest BCUT2D eigenvalue weighted by Gasteiger charge is 2.35. The maximum atomic E-state index is 12.5. The number of carbonyl (C=O) groups is 1. The average molecular weight is 307 g/mol. The van der Waals surface area contributed by atoms with Gasteiger partial charge in [-0.2, -0.15) is 17.0 Å². The average Bonchev–Trinajstić information content (AvgIpc) is 2.40. The zero-order valence-electron chi connectivity index (χ0n) is 12.9. The molecule has 0 aromatic heterocycles. The molecule has 2 atom stereocenters. The van der Waals surface area contributed by atoms with Gasteiger partial charge < -0.3 is 4.74 Å². The van der Waals surface area contributed by atoms with E-state index in [1.807, 2.05) is 20.9 Å². The van der Waals surface area contributed by atoms with Crippen molar-refractivity contribution in [3.8, 4) is 0 Å². The summed E-state index contributed by atoms with van der Waals surface area (Å²) in [5.74, 6) is -0.410. The van der Waals surface area contributed by atoms with Crippen LogP contribution in [0, 0.1) is 0 Å². The van der Waals surface area contributed by atoms with E-state index in [2.05, 4.69) is 9.64 Å². The lowest BCUT2D eigenvalue weighted by Gasteiger charge is -2.42. The van der Waals surface area contributed by atoms with E-state index in [0.717, 1.165) is 0 Å². The molecule has 0 bridgehead atoms. The number of esters is 1. The molecule has 0 N–H and O–H groups in total. The molecule has 0 spiro atoms. The van der Waals surface area contributed by atoms with Crippen LogP contribution in [-0.4, -0.2) is 80.8 Å². The van der Waals surface area contributed by atoms with Crippen molar-refractivity contribution in [2.45, 2.75) is 32.4 Å². The molecule has 8 heteroatoms. The molecule has 2 unspecified atom stereocenters. The van der Waals surface area contributed by atoms with E-state index in [9.17, 15) is 13.2 Å². The van der Waals surface area contributed by atoms with Gasteiger partial charge in [0.15, 0.2) is 0 Å². The first-order chi connectivity index (χ1) is 9.20. The van der Waals surface area contributed by atoms with Crippen LogP contribution in [0.3, 0.4) is 0 Å². The summed E-state index contributed by atoms with van der Waals surface area (Å²) in [6.45, 7) is 5.07. The maximum Gasteiger partial charge on any atom is 0.306 e. The van der Waals surface area contributed by atoms with Crippen LogP contribution in [0.15, 0.2) is 0 Å². The summed E-state index contributed by atoms with van der Waals surface area (Å²) in [5, 5.41) is 0. The lowest BCUT2D eigenvalue weighted by Crippen LogP contribution is -2.58. The Hall–Kier alpha value is -0.700. The molecular weight excluding hydrogens is 282 g/mol. The smallest absolute Gasteiger partial charge is 0.306 e. The van der Waals surface area contributed by atoms with Gasteiger partial charge >= 0.3 is 5.97 Å². The Morgan fingerprint density at radius 2 is 1.80 bits per heavy atom. The highest BCUT2D eigenvalue weighted by Crippen LogP contribution is 2.18. The third kappa shape index (κ3) is 3.91. The second-order valence-electron chi connectivity index (χ2n) is 5.34. The van der Waals surface area contributed by atoms with Crippen LogP contribution >= 0.6 is 0 Å². The normalized spacial score (nSPS) is 25.9. The lowest BCUT2D eigenvalue weighted by atomic mass is 10.1. The van der Waals surface area contributed by atoms with E-state index in [4.69, 9.17) is 0 Å². The van der Waals surface area contributed by atoms with E-state index in [0.29, 0.717) is 13.1 Å². The Morgan fingerprint density at radius 3 is 2.25 bits per heavy atom. The number of carbonyl (C=O) groups excluding carboxylic acids is 1. The van der Waals surface area contributed by atoms with Crippen molar-refractivity contribution >= 4 is 16.2 Å². The van der Waals surface area contributed by atoms with Crippen LogP contribution in [0.2, 0.25) is 0 Å². The third-order valence-electron chi connectivity index (χ3n) is 3.90.